The van der Waals surface area contributed by atoms with E-state index in [-0.39, 0.29) is 0 Å². The molecule has 10 heteroatoms. The molecule has 0 aliphatic carbocycles. The first kappa shape index (κ1) is 24.1. The predicted octanol–water partition coefficient (Wildman–Crippen LogP) is 0.765. The molecular formula is C22H27N3O6S. The summed E-state index contributed by atoms with van der Waals surface area (Å²) in [7, 11) is -0.346. The fourth-order valence-corrected chi connectivity index (χ4v) is 4.41. The molecular weight excluding hydrogens is 434 g/mol. The molecule has 2 aromatic carbocycles. The van der Waals surface area contributed by atoms with E-state index in [0.29, 0.717) is 5.56 Å². The average molecular weight is 462 g/mol. The number of aliphatic hydroxyl groups is 3. The maximum Gasteiger partial charge on any atom is 0.250 e. The molecule has 9 nitrogen and oxygen atoms in total. The van der Waals surface area contributed by atoms with Crippen molar-refractivity contribution in [2.45, 2.75) is 31.5 Å². The van der Waals surface area contributed by atoms with Gasteiger partial charge in [-0.1, -0.05) is 25.1 Å². The molecule has 1 unspecified atom stereocenters. The van der Waals surface area contributed by atoms with Gasteiger partial charge in [0, 0.05) is 32.2 Å². The van der Waals surface area contributed by atoms with E-state index >= 15 is 0 Å². The number of aliphatic hydroxyl groups excluding tert-OH is 3. The van der Waals surface area contributed by atoms with Crippen LogP contribution in [0.1, 0.15) is 12.5 Å². The number of nitrogens with one attached hydrogen (secondary N) is 1. The van der Waals surface area contributed by atoms with Gasteiger partial charge < -0.3 is 25.0 Å². The molecule has 172 valence electrons. The number of rotatable bonds is 6. The molecule has 5 atom stereocenters. The summed E-state index contributed by atoms with van der Waals surface area (Å²) < 4.78 is 32.7. The summed E-state index contributed by atoms with van der Waals surface area (Å²) in [4.78, 5) is 1.46. The Morgan fingerprint density at radius 2 is 1.81 bits per heavy atom. The SMILES string of the molecule is C[C@H]1C(O)O[C@H](CNS(=O)(=O)/C(C#N)=C/c2ccc3cc(N(C)C)ccc3c2)[C@@H](O)[C@@H]1O. The van der Waals surface area contributed by atoms with Gasteiger partial charge in [0.15, 0.2) is 11.2 Å². The van der Waals surface area contributed by atoms with Gasteiger partial charge in [-0.05, 0) is 40.6 Å². The van der Waals surface area contributed by atoms with E-state index < -0.39 is 52.0 Å². The number of anilines is 1. The van der Waals surface area contributed by atoms with E-state index in [1.54, 1.807) is 18.2 Å². The van der Waals surface area contributed by atoms with Crippen molar-refractivity contribution in [2.75, 3.05) is 25.5 Å². The lowest BCUT2D eigenvalue weighted by Crippen LogP contribution is -2.56. The van der Waals surface area contributed by atoms with Crippen LogP contribution in [0.3, 0.4) is 0 Å². The van der Waals surface area contributed by atoms with E-state index in [4.69, 9.17) is 4.74 Å². The van der Waals surface area contributed by atoms with Crippen LogP contribution < -0.4 is 9.62 Å². The molecule has 1 aliphatic heterocycles. The number of nitriles is 1. The maximum atomic E-state index is 12.7. The molecule has 3 rings (SSSR count). The highest BCUT2D eigenvalue weighted by molar-refractivity contribution is 7.93. The van der Waals surface area contributed by atoms with Gasteiger partial charge in [0.05, 0.1) is 6.10 Å². The molecule has 32 heavy (non-hydrogen) atoms. The van der Waals surface area contributed by atoms with Crippen molar-refractivity contribution in [3.63, 3.8) is 0 Å². The maximum absolute atomic E-state index is 12.7. The van der Waals surface area contributed by atoms with Crippen LogP contribution in [0.15, 0.2) is 41.3 Å². The summed E-state index contributed by atoms with van der Waals surface area (Å²) in [5.41, 5.74) is 1.56. The highest BCUT2D eigenvalue weighted by Crippen LogP contribution is 2.25. The lowest BCUT2D eigenvalue weighted by Gasteiger charge is -2.39. The Hall–Kier alpha value is -2.52. The highest BCUT2D eigenvalue weighted by Gasteiger charge is 2.41. The number of allylic oxidation sites excluding steroid dienone is 1. The third kappa shape index (κ3) is 5.10. The monoisotopic (exact) mass is 461 g/mol. The molecule has 1 saturated heterocycles. The van der Waals surface area contributed by atoms with Gasteiger partial charge in [0.1, 0.15) is 18.3 Å². The number of nitrogens with zero attached hydrogens (tertiary/aromatic N) is 2. The number of sulfonamides is 1. The van der Waals surface area contributed by atoms with Crippen molar-refractivity contribution in [3.05, 3.63) is 46.9 Å². The number of benzene rings is 2. The smallest absolute Gasteiger partial charge is 0.250 e. The Labute approximate surface area is 187 Å². The van der Waals surface area contributed by atoms with E-state index in [1.807, 2.05) is 43.3 Å². The molecule has 0 aromatic heterocycles. The second-order valence-corrected chi connectivity index (χ2v) is 9.80. The van der Waals surface area contributed by atoms with Crippen LogP contribution in [0.25, 0.3) is 16.8 Å². The third-order valence-corrected chi connectivity index (χ3v) is 6.90. The molecule has 1 fully saturated rings. The van der Waals surface area contributed by atoms with Crippen molar-refractivity contribution in [2.24, 2.45) is 5.92 Å². The first-order valence-corrected chi connectivity index (χ1v) is 11.5. The Balaban J connectivity index is 1.79. The summed E-state index contributed by atoms with van der Waals surface area (Å²) in [5, 5.41) is 41.2. The van der Waals surface area contributed by atoms with E-state index in [0.717, 1.165) is 16.5 Å². The topological polar surface area (TPSA) is 143 Å². The molecule has 0 bridgehead atoms. The van der Waals surface area contributed by atoms with Crippen molar-refractivity contribution < 1.29 is 28.5 Å². The molecule has 1 heterocycles. The standard InChI is InChI=1S/C22H27N3O6S/c1-13-20(26)21(27)19(31-22(13)28)12-24-32(29,30)18(11-23)9-14-4-5-16-10-17(25(2)3)7-6-15(16)8-14/h4-10,13,19-22,24,26-28H,12H2,1-3H3/b18-9+/t13-,19-,20-,21-,22?/m1/s1. The summed E-state index contributed by atoms with van der Waals surface area (Å²) in [6.45, 7) is 1.08. The Bertz CT molecular complexity index is 1160. The van der Waals surface area contributed by atoms with Gasteiger partial charge in [-0.25, -0.2) is 13.1 Å². The fraction of sp³-hybridized carbons (Fsp3) is 0.409. The van der Waals surface area contributed by atoms with E-state index in [1.165, 1.54) is 13.0 Å². The minimum Gasteiger partial charge on any atom is -0.390 e. The minimum atomic E-state index is -4.22. The molecule has 0 amide bonds. The molecule has 0 radical (unpaired) electrons. The largest absolute Gasteiger partial charge is 0.390 e. The number of hydrogen-bond donors (Lipinski definition) is 4. The van der Waals surface area contributed by atoms with Gasteiger partial charge in [0.2, 0.25) is 0 Å². The van der Waals surface area contributed by atoms with Crippen molar-refractivity contribution in [3.8, 4) is 6.07 Å². The number of fused-ring (bicyclic) bond motifs is 1. The first-order chi connectivity index (χ1) is 15.0. The third-order valence-electron chi connectivity index (χ3n) is 5.57. The van der Waals surface area contributed by atoms with Gasteiger partial charge in [-0.2, -0.15) is 5.26 Å². The second kappa shape index (κ2) is 9.54. The van der Waals surface area contributed by atoms with Crippen LogP contribution in [0.2, 0.25) is 0 Å². The zero-order valence-corrected chi connectivity index (χ0v) is 18.8. The fourth-order valence-electron chi connectivity index (χ4n) is 3.46. The lowest BCUT2D eigenvalue weighted by atomic mass is 9.92. The van der Waals surface area contributed by atoms with E-state index in [9.17, 15) is 29.0 Å². The second-order valence-electron chi connectivity index (χ2n) is 8.06. The minimum absolute atomic E-state index is 0.422. The predicted molar refractivity (Wildman–Crippen MR) is 121 cm³/mol. The number of ether oxygens (including phenoxy) is 1. The van der Waals surface area contributed by atoms with Crippen LogP contribution in [0.5, 0.6) is 0 Å². The van der Waals surface area contributed by atoms with Crippen molar-refractivity contribution in [1.29, 1.82) is 5.26 Å². The zero-order chi connectivity index (χ0) is 23.6. The highest BCUT2D eigenvalue weighted by atomic mass is 32.2. The summed E-state index contributed by atoms with van der Waals surface area (Å²) >= 11 is 0. The van der Waals surface area contributed by atoms with Gasteiger partial charge >= 0.3 is 0 Å². The Kier molecular flexibility index (Phi) is 7.19. The molecule has 1 aliphatic rings. The summed E-state index contributed by atoms with van der Waals surface area (Å²) in [6.07, 6.45) is -3.93. The van der Waals surface area contributed by atoms with Crippen molar-refractivity contribution >= 4 is 32.6 Å². The summed E-state index contributed by atoms with van der Waals surface area (Å²) in [5.74, 6) is -0.728. The quantitative estimate of drug-likeness (QED) is 0.462. The molecule has 0 saturated carbocycles. The lowest BCUT2D eigenvalue weighted by molar-refractivity contribution is -0.257. The van der Waals surface area contributed by atoms with Crippen LogP contribution in [0.4, 0.5) is 5.69 Å². The Morgan fingerprint density at radius 3 is 2.47 bits per heavy atom. The Morgan fingerprint density at radius 1 is 1.16 bits per heavy atom. The van der Waals surface area contributed by atoms with Crippen molar-refractivity contribution in [1.82, 2.24) is 4.72 Å². The molecule has 2 aromatic rings. The molecule has 4 N–H and O–H groups in total. The normalized spacial score (nSPS) is 26.7. The summed E-state index contributed by atoms with van der Waals surface area (Å²) in [6, 6.07) is 12.9. The van der Waals surface area contributed by atoms with Gasteiger partial charge in [-0.15, -0.1) is 0 Å². The van der Waals surface area contributed by atoms with Crippen LogP contribution in [-0.2, 0) is 14.8 Å². The van der Waals surface area contributed by atoms with Crippen LogP contribution in [-0.4, -0.2) is 69.0 Å². The van der Waals surface area contributed by atoms with Crippen LogP contribution in [0, 0.1) is 17.2 Å². The number of hydrogen-bond acceptors (Lipinski definition) is 8. The average Bonchev–Trinajstić information content (AvgIpc) is 2.76. The van der Waals surface area contributed by atoms with E-state index in [2.05, 4.69) is 4.72 Å². The van der Waals surface area contributed by atoms with Gasteiger partial charge in [-0.3, -0.25) is 0 Å². The molecule has 0 spiro atoms. The first-order valence-electron chi connectivity index (χ1n) is 10.1. The van der Waals surface area contributed by atoms with Gasteiger partial charge in [0.25, 0.3) is 10.0 Å². The van der Waals surface area contributed by atoms with Crippen LogP contribution >= 0.6 is 0 Å². The zero-order valence-electron chi connectivity index (χ0n) is 18.0.